The van der Waals surface area contributed by atoms with Crippen molar-refractivity contribution < 1.29 is 4.79 Å². The van der Waals surface area contributed by atoms with Gasteiger partial charge in [0, 0.05) is 12.3 Å². The van der Waals surface area contributed by atoms with Gasteiger partial charge in [-0.2, -0.15) is 0 Å². The second kappa shape index (κ2) is 4.69. The Balaban J connectivity index is 1.85. The fourth-order valence-corrected chi connectivity index (χ4v) is 4.75. The Labute approximate surface area is 119 Å². The number of nitrogens with zero attached hydrogens (tertiary/aromatic N) is 1. The number of thiazole rings is 1. The minimum absolute atomic E-state index is 0.0943. The molecule has 0 amide bonds. The third-order valence-electron chi connectivity index (χ3n) is 4.72. The van der Waals surface area contributed by atoms with Crippen LogP contribution in [0.25, 0.3) is 0 Å². The summed E-state index contributed by atoms with van der Waals surface area (Å²) in [5.74, 6) is 1.81. The van der Waals surface area contributed by atoms with Gasteiger partial charge in [0.15, 0.2) is 5.78 Å². The molecule has 1 fully saturated rings. The van der Waals surface area contributed by atoms with E-state index in [0.717, 1.165) is 22.9 Å². The van der Waals surface area contributed by atoms with Gasteiger partial charge < -0.3 is 0 Å². The smallest absolute Gasteiger partial charge is 0.175 e. The van der Waals surface area contributed by atoms with Crippen molar-refractivity contribution in [3.63, 3.8) is 0 Å². The highest BCUT2D eigenvalue weighted by Crippen LogP contribution is 2.44. The van der Waals surface area contributed by atoms with Crippen LogP contribution >= 0.6 is 11.3 Å². The summed E-state index contributed by atoms with van der Waals surface area (Å²) in [6.45, 7) is 6.64. The first-order valence-electron chi connectivity index (χ1n) is 7.51. The predicted octanol–water partition coefficient (Wildman–Crippen LogP) is 4.59. The maximum Gasteiger partial charge on any atom is 0.175 e. The van der Waals surface area contributed by atoms with Crippen LogP contribution in [-0.2, 0) is 6.42 Å². The van der Waals surface area contributed by atoms with Gasteiger partial charge in [-0.25, -0.2) is 4.98 Å². The van der Waals surface area contributed by atoms with Gasteiger partial charge in [-0.1, -0.05) is 27.2 Å². The number of hydrogen-bond donors (Lipinski definition) is 0. The molecule has 2 nitrogen and oxygen atoms in total. The summed E-state index contributed by atoms with van der Waals surface area (Å²) < 4.78 is 0. The lowest BCUT2D eigenvalue weighted by Crippen LogP contribution is -2.26. The average Bonchev–Trinajstić information content (AvgIpc) is 2.92. The van der Waals surface area contributed by atoms with Crippen LogP contribution < -0.4 is 0 Å². The molecule has 0 spiro atoms. The Morgan fingerprint density at radius 3 is 2.79 bits per heavy atom. The molecule has 0 N–H and O–H groups in total. The van der Waals surface area contributed by atoms with E-state index in [1.807, 2.05) is 0 Å². The summed E-state index contributed by atoms with van der Waals surface area (Å²) >= 11 is 1.69. The molecule has 2 aliphatic rings. The SMILES string of the molecule is CCC1CCC(c2nc3c(s2)C(=O)CC(C)(C)C3)C1. The zero-order valence-corrected chi connectivity index (χ0v) is 13.0. The van der Waals surface area contributed by atoms with E-state index in [4.69, 9.17) is 4.98 Å². The van der Waals surface area contributed by atoms with Crippen LogP contribution in [0, 0.1) is 11.3 Å². The van der Waals surface area contributed by atoms with Gasteiger partial charge in [-0.3, -0.25) is 4.79 Å². The summed E-state index contributed by atoms with van der Waals surface area (Å²) in [5.41, 5.74) is 1.18. The molecule has 2 aliphatic carbocycles. The average molecular weight is 277 g/mol. The minimum atomic E-state index is 0.0943. The van der Waals surface area contributed by atoms with Crippen molar-refractivity contribution in [3.8, 4) is 0 Å². The number of hydrogen-bond acceptors (Lipinski definition) is 3. The number of carbonyl (C=O) groups excluding carboxylic acids is 1. The van der Waals surface area contributed by atoms with E-state index >= 15 is 0 Å². The molecule has 1 aromatic rings. The van der Waals surface area contributed by atoms with E-state index in [1.165, 1.54) is 30.7 Å². The maximum absolute atomic E-state index is 12.2. The molecule has 0 saturated heterocycles. The van der Waals surface area contributed by atoms with E-state index in [-0.39, 0.29) is 5.41 Å². The van der Waals surface area contributed by atoms with Crippen molar-refractivity contribution in [2.75, 3.05) is 0 Å². The zero-order chi connectivity index (χ0) is 13.6. The molecule has 0 aliphatic heterocycles. The molecule has 2 atom stereocenters. The quantitative estimate of drug-likeness (QED) is 0.791. The first-order chi connectivity index (χ1) is 8.98. The fraction of sp³-hybridized carbons (Fsp3) is 0.750. The summed E-state index contributed by atoms with van der Waals surface area (Å²) in [7, 11) is 0. The molecule has 1 aromatic heterocycles. The van der Waals surface area contributed by atoms with Crippen LogP contribution in [0.2, 0.25) is 0 Å². The first kappa shape index (κ1) is 13.3. The molecule has 1 saturated carbocycles. The van der Waals surface area contributed by atoms with E-state index in [2.05, 4.69) is 20.8 Å². The van der Waals surface area contributed by atoms with Crippen molar-refractivity contribution in [2.24, 2.45) is 11.3 Å². The predicted molar refractivity (Wildman–Crippen MR) is 78.9 cm³/mol. The second-order valence-electron chi connectivity index (χ2n) is 7.05. The lowest BCUT2D eigenvalue weighted by molar-refractivity contribution is 0.0916. The molecule has 0 bridgehead atoms. The van der Waals surface area contributed by atoms with Crippen molar-refractivity contribution in [3.05, 3.63) is 15.6 Å². The van der Waals surface area contributed by atoms with Crippen LogP contribution in [0.15, 0.2) is 0 Å². The van der Waals surface area contributed by atoms with Crippen LogP contribution in [-0.4, -0.2) is 10.8 Å². The lowest BCUT2D eigenvalue weighted by Gasteiger charge is -2.26. The number of carbonyl (C=O) groups is 1. The Kier molecular flexibility index (Phi) is 3.28. The highest BCUT2D eigenvalue weighted by atomic mass is 32.1. The molecule has 104 valence electrons. The van der Waals surface area contributed by atoms with Crippen molar-refractivity contribution >= 4 is 17.1 Å². The van der Waals surface area contributed by atoms with Crippen LogP contribution in [0.5, 0.6) is 0 Å². The van der Waals surface area contributed by atoms with Gasteiger partial charge in [-0.15, -0.1) is 11.3 Å². The number of fused-ring (bicyclic) bond motifs is 1. The summed E-state index contributed by atoms with van der Waals surface area (Å²) in [6, 6.07) is 0. The van der Waals surface area contributed by atoms with Crippen LogP contribution in [0.1, 0.15) is 79.2 Å². The molecule has 3 rings (SSSR count). The monoisotopic (exact) mass is 277 g/mol. The van der Waals surface area contributed by atoms with Gasteiger partial charge in [0.05, 0.1) is 15.6 Å². The molecule has 3 heteroatoms. The highest BCUT2D eigenvalue weighted by Gasteiger charge is 2.35. The van der Waals surface area contributed by atoms with E-state index in [1.54, 1.807) is 11.3 Å². The molecule has 0 aromatic carbocycles. The number of ketones is 1. The second-order valence-corrected chi connectivity index (χ2v) is 8.08. The summed E-state index contributed by atoms with van der Waals surface area (Å²) in [4.78, 5) is 18.0. The minimum Gasteiger partial charge on any atom is -0.293 e. The van der Waals surface area contributed by atoms with Crippen molar-refractivity contribution in [2.45, 2.75) is 65.2 Å². The third kappa shape index (κ3) is 2.49. The van der Waals surface area contributed by atoms with Gasteiger partial charge in [0.2, 0.25) is 0 Å². The first-order valence-corrected chi connectivity index (χ1v) is 8.33. The van der Waals surface area contributed by atoms with E-state index in [0.29, 0.717) is 18.1 Å². The largest absolute Gasteiger partial charge is 0.293 e. The van der Waals surface area contributed by atoms with Gasteiger partial charge in [-0.05, 0) is 37.0 Å². The van der Waals surface area contributed by atoms with Crippen LogP contribution in [0.4, 0.5) is 0 Å². The van der Waals surface area contributed by atoms with Gasteiger partial charge >= 0.3 is 0 Å². The lowest BCUT2D eigenvalue weighted by atomic mass is 9.78. The Hall–Kier alpha value is -0.700. The molecule has 2 unspecified atom stereocenters. The van der Waals surface area contributed by atoms with Crippen molar-refractivity contribution in [1.82, 2.24) is 4.98 Å². The topological polar surface area (TPSA) is 30.0 Å². The van der Waals surface area contributed by atoms with Crippen LogP contribution in [0.3, 0.4) is 0 Å². The molecule has 0 radical (unpaired) electrons. The Morgan fingerprint density at radius 1 is 1.32 bits per heavy atom. The normalized spacial score (nSPS) is 29.5. The maximum atomic E-state index is 12.2. The van der Waals surface area contributed by atoms with Gasteiger partial charge in [0.1, 0.15) is 0 Å². The Bertz CT molecular complexity index is 503. The van der Waals surface area contributed by atoms with E-state index < -0.39 is 0 Å². The molecular weight excluding hydrogens is 254 g/mol. The van der Waals surface area contributed by atoms with Crippen molar-refractivity contribution in [1.29, 1.82) is 0 Å². The molecule has 1 heterocycles. The zero-order valence-electron chi connectivity index (χ0n) is 12.2. The number of Topliss-reactive ketones (excluding diaryl/α,β-unsaturated/α-hetero) is 1. The Morgan fingerprint density at radius 2 is 2.11 bits per heavy atom. The third-order valence-corrected chi connectivity index (χ3v) is 6.02. The summed E-state index contributed by atoms with van der Waals surface area (Å²) in [5, 5.41) is 1.24. The van der Waals surface area contributed by atoms with Gasteiger partial charge in [0.25, 0.3) is 0 Å². The van der Waals surface area contributed by atoms with E-state index in [9.17, 15) is 4.79 Å². The molecular formula is C16H23NOS. The number of aromatic nitrogens is 1. The molecule has 19 heavy (non-hydrogen) atoms. The standard InChI is InChI=1S/C16H23NOS/c1-4-10-5-6-11(7-10)15-17-12-8-16(2,3)9-13(18)14(12)19-15/h10-11H,4-9H2,1-3H3. The highest BCUT2D eigenvalue weighted by molar-refractivity contribution is 7.14. The number of rotatable bonds is 2. The summed E-state index contributed by atoms with van der Waals surface area (Å²) in [6.07, 6.45) is 6.82. The fourth-order valence-electron chi connectivity index (χ4n) is 3.58.